The van der Waals surface area contributed by atoms with Gasteiger partial charge in [-0.2, -0.15) is 0 Å². The van der Waals surface area contributed by atoms with Crippen molar-refractivity contribution < 1.29 is 23.6 Å². The number of rotatable bonds is 6. The summed E-state index contributed by atoms with van der Waals surface area (Å²) in [5, 5.41) is 6.13. The zero-order chi connectivity index (χ0) is 28.7. The Morgan fingerprint density at radius 1 is 1.07 bits per heavy atom. The first-order chi connectivity index (χ1) is 19.8. The lowest BCUT2D eigenvalue weighted by molar-refractivity contribution is -0.130. The molecule has 3 aromatic heterocycles. The third-order valence-electron chi connectivity index (χ3n) is 7.46. The fourth-order valence-electron chi connectivity index (χ4n) is 5.46. The minimum atomic E-state index is -0.794. The Kier molecular flexibility index (Phi) is 6.92. The summed E-state index contributed by atoms with van der Waals surface area (Å²) in [4.78, 5) is 54.3. The van der Waals surface area contributed by atoms with E-state index in [9.17, 15) is 19.2 Å². The second-order valence-corrected chi connectivity index (χ2v) is 11.2. The molecule has 10 heteroatoms. The summed E-state index contributed by atoms with van der Waals surface area (Å²) in [6.45, 7) is 3.73. The van der Waals surface area contributed by atoms with Crippen LogP contribution in [0.5, 0.6) is 0 Å². The number of anilines is 1. The molecule has 6 rings (SSSR count). The molecule has 0 radical (unpaired) electrons. The summed E-state index contributed by atoms with van der Waals surface area (Å²) in [7, 11) is 0. The van der Waals surface area contributed by atoms with E-state index in [0.717, 1.165) is 58.2 Å². The van der Waals surface area contributed by atoms with Crippen LogP contribution in [0, 0.1) is 13.8 Å². The van der Waals surface area contributed by atoms with Gasteiger partial charge in [0.25, 0.3) is 17.7 Å². The predicted octanol–water partition coefficient (Wildman–Crippen LogP) is 5.54. The third kappa shape index (κ3) is 4.91. The maximum atomic E-state index is 13.7. The van der Waals surface area contributed by atoms with Crippen LogP contribution in [0.15, 0.2) is 64.8 Å². The van der Waals surface area contributed by atoms with Crippen molar-refractivity contribution in [2.45, 2.75) is 46.1 Å². The van der Waals surface area contributed by atoms with E-state index in [-0.39, 0.29) is 18.0 Å². The molecule has 0 unspecified atom stereocenters. The fraction of sp³-hybridized carbons (Fsp3) is 0.226. The molecule has 2 N–H and O–H groups in total. The van der Waals surface area contributed by atoms with Gasteiger partial charge in [0.1, 0.15) is 16.3 Å². The average molecular weight is 569 g/mol. The maximum absolute atomic E-state index is 13.7. The van der Waals surface area contributed by atoms with E-state index in [4.69, 9.17) is 4.42 Å². The van der Waals surface area contributed by atoms with Gasteiger partial charge in [-0.05, 0) is 87.1 Å². The highest BCUT2D eigenvalue weighted by molar-refractivity contribution is 7.15. The number of urea groups is 1. The van der Waals surface area contributed by atoms with Crippen molar-refractivity contribution in [1.29, 1.82) is 0 Å². The number of fused-ring (bicyclic) bond motifs is 1. The molecule has 0 bridgehead atoms. The highest BCUT2D eigenvalue weighted by atomic mass is 32.1. The van der Waals surface area contributed by atoms with Gasteiger partial charge in [-0.3, -0.25) is 24.6 Å². The highest BCUT2D eigenvalue weighted by Gasteiger charge is 2.36. The van der Waals surface area contributed by atoms with Crippen LogP contribution < -0.4 is 10.6 Å². The molecule has 208 valence electrons. The molecule has 0 saturated carbocycles. The SMILES string of the molecule is Cc1cc(/C=C2\C(=O)NC(=O)N(Cc3ccco3)C2=O)c(C)n1-c1sc2c(c1C(=O)Nc1ccccc1)CCCC2. The molecular formula is C31H28N4O5S. The molecule has 0 atom stereocenters. The summed E-state index contributed by atoms with van der Waals surface area (Å²) in [6.07, 6.45) is 6.84. The summed E-state index contributed by atoms with van der Waals surface area (Å²) < 4.78 is 7.31. The number of hydrogen-bond acceptors (Lipinski definition) is 6. The van der Waals surface area contributed by atoms with Crippen molar-refractivity contribution in [2.24, 2.45) is 0 Å². The van der Waals surface area contributed by atoms with E-state index in [0.29, 0.717) is 16.9 Å². The van der Waals surface area contributed by atoms with Gasteiger partial charge in [-0.15, -0.1) is 11.3 Å². The Hall–Kier alpha value is -4.70. The topological polar surface area (TPSA) is 114 Å². The number of carbonyl (C=O) groups excluding carboxylic acids is 4. The Labute approximate surface area is 240 Å². The van der Waals surface area contributed by atoms with Gasteiger partial charge in [0.05, 0.1) is 18.4 Å². The number of aryl methyl sites for hydroxylation is 2. The lowest BCUT2D eigenvalue weighted by atomic mass is 9.95. The van der Waals surface area contributed by atoms with E-state index in [1.165, 1.54) is 17.2 Å². The number of furan rings is 1. The highest BCUT2D eigenvalue weighted by Crippen LogP contribution is 2.39. The van der Waals surface area contributed by atoms with Crippen LogP contribution in [-0.2, 0) is 29.0 Å². The number of benzene rings is 1. The Balaban J connectivity index is 1.39. The Morgan fingerprint density at radius 2 is 1.85 bits per heavy atom. The molecule has 0 spiro atoms. The van der Waals surface area contributed by atoms with Crippen LogP contribution in [0.3, 0.4) is 0 Å². The van der Waals surface area contributed by atoms with Crippen molar-refractivity contribution >= 4 is 46.9 Å². The summed E-state index contributed by atoms with van der Waals surface area (Å²) in [5.74, 6) is -1.19. The molecule has 9 nitrogen and oxygen atoms in total. The quantitative estimate of drug-likeness (QED) is 0.234. The lowest BCUT2D eigenvalue weighted by Crippen LogP contribution is -2.53. The van der Waals surface area contributed by atoms with Crippen LogP contribution in [0.1, 0.15) is 56.4 Å². The number of aromatic nitrogens is 1. The molecule has 1 saturated heterocycles. The van der Waals surface area contributed by atoms with Gasteiger partial charge in [-0.1, -0.05) is 18.2 Å². The number of hydrogen-bond donors (Lipinski definition) is 2. The van der Waals surface area contributed by atoms with E-state index in [1.54, 1.807) is 23.5 Å². The average Bonchev–Trinajstić information content (AvgIpc) is 3.67. The van der Waals surface area contributed by atoms with Crippen LogP contribution in [0.2, 0.25) is 0 Å². The number of para-hydroxylation sites is 1. The zero-order valence-corrected chi connectivity index (χ0v) is 23.5. The van der Waals surface area contributed by atoms with Crippen molar-refractivity contribution in [3.63, 3.8) is 0 Å². The summed E-state index contributed by atoms with van der Waals surface area (Å²) >= 11 is 1.62. The number of carbonyl (C=O) groups is 4. The summed E-state index contributed by atoms with van der Waals surface area (Å²) in [6, 6.07) is 13.8. The van der Waals surface area contributed by atoms with Gasteiger partial charge < -0.3 is 14.3 Å². The number of nitrogens with one attached hydrogen (secondary N) is 2. The molecule has 1 aliphatic carbocycles. The molecular weight excluding hydrogens is 540 g/mol. The van der Waals surface area contributed by atoms with Gasteiger partial charge in [-0.25, -0.2) is 4.79 Å². The van der Waals surface area contributed by atoms with Crippen molar-refractivity contribution in [3.05, 3.63) is 99.1 Å². The van der Waals surface area contributed by atoms with Gasteiger partial charge in [0.15, 0.2) is 0 Å². The lowest BCUT2D eigenvalue weighted by Gasteiger charge is -2.25. The largest absolute Gasteiger partial charge is 0.467 e. The van der Waals surface area contributed by atoms with Gasteiger partial charge in [0, 0.05) is 22.0 Å². The monoisotopic (exact) mass is 568 g/mol. The van der Waals surface area contributed by atoms with Crippen LogP contribution in [-0.4, -0.2) is 33.2 Å². The van der Waals surface area contributed by atoms with E-state index in [2.05, 4.69) is 10.6 Å². The van der Waals surface area contributed by atoms with Crippen LogP contribution in [0.25, 0.3) is 11.1 Å². The third-order valence-corrected chi connectivity index (χ3v) is 8.74. The van der Waals surface area contributed by atoms with Crippen LogP contribution in [0.4, 0.5) is 10.5 Å². The van der Waals surface area contributed by atoms with E-state index >= 15 is 0 Å². The second-order valence-electron chi connectivity index (χ2n) is 10.2. The standard InChI is InChI=1S/C31H28N4O5S/c1-18-15-20(16-24-27(36)33-31(39)34(29(24)38)17-22-11-8-14-40-22)19(2)35(18)30-26(23-12-6-7-13-25(23)41-30)28(37)32-21-9-4-3-5-10-21/h3-5,8-11,14-16H,6-7,12-13,17H2,1-2H3,(H,32,37)(H,33,36,39)/b24-16+. The van der Waals surface area contributed by atoms with E-state index in [1.807, 2.05) is 54.8 Å². The van der Waals surface area contributed by atoms with Crippen LogP contribution >= 0.6 is 11.3 Å². The fourth-order valence-corrected chi connectivity index (χ4v) is 6.95. The first kappa shape index (κ1) is 26.5. The molecule has 1 aliphatic heterocycles. The molecule has 41 heavy (non-hydrogen) atoms. The maximum Gasteiger partial charge on any atom is 0.331 e. The predicted molar refractivity (Wildman–Crippen MR) is 155 cm³/mol. The normalized spacial score (nSPS) is 16.2. The summed E-state index contributed by atoms with van der Waals surface area (Å²) in [5.41, 5.74) is 4.60. The zero-order valence-electron chi connectivity index (χ0n) is 22.7. The second kappa shape index (κ2) is 10.7. The molecule has 5 amide bonds. The minimum Gasteiger partial charge on any atom is -0.467 e. The van der Waals surface area contributed by atoms with Gasteiger partial charge in [0.2, 0.25) is 0 Å². The molecule has 1 aromatic carbocycles. The Morgan fingerprint density at radius 3 is 2.61 bits per heavy atom. The number of barbiturate groups is 1. The number of nitrogens with zero attached hydrogens (tertiary/aromatic N) is 2. The number of amides is 5. The molecule has 2 aliphatic rings. The first-order valence-electron chi connectivity index (χ1n) is 13.4. The molecule has 1 fully saturated rings. The Bertz CT molecular complexity index is 1710. The number of imide groups is 2. The smallest absolute Gasteiger partial charge is 0.331 e. The van der Waals surface area contributed by atoms with Gasteiger partial charge >= 0.3 is 6.03 Å². The molecule has 4 heterocycles. The molecule has 4 aromatic rings. The van der Waals surface area contributed by atoms with Crippen molar-refractivity contribution in [3.8, 4) is 5.00 Å². The number of thiophene rings is 1. The van der Waals surface area contributed by atoms with Crippen molar-refractivity contribution in [2.75, 3.05) is 5.32 Å². The minimum absolute atomic E-state index is 0.0953. The first-order valence-corrected chi connectivity index (χ1v) is 14.2. The van der Waals surface area contributed by atoms with Crippen molar-refractivity contribution in [1.82, 2.24) is 14.8 Å². The van der Waals surface area contributed by atoms with E-state index < -0.39 is 17.8 Å².